The van der Waals surface area contributed by atoms with Gasteiger partial charge in [0, 0.05) is 6.42 Å². The Balaban J connectivity index is 2.40. The number of carbonyl (C=O) groups excluding carboxylic acids is 1. The van der Waals surface area contributed by atoms with Crippen LogP contribution in [0.2, 0.25) is 0 Å². The molecule has 0 saturated heterocycles. The molecule has 16 heavy (non-hydrogen) atoms. The topological polar surface area (TPSA) is 66.4 Å². The number of rotatable bonds is 6. The van der Waals surface area contributed by atoms with Crippen LogP contribution in [-0.4, -0.2) is 23.0 Å². The van der Waals surface area contributed by atoms with Crippen molar-refractivity contribution in [3.05, 3.63) is 0 Å². The Hall–Kier alpha value is -1.06. The molecule has 1 amide bonds. The normalized spacial score (nSPS) is 19.6. The lowest BCUT2D eigenvalue weighted by Crippen LogP contribution is -2.45. The van der Waals surface area contributed by atoms with Gasteiger partial charge in [-0.25, -0.2) is 4.79 Å². The zero-order valence-electron chi connectivity index (χ0n) is 10.0. The summed E-state index contributed by atoms with van der Waals surface area (Å²) < 4.78 is 0. The fraction of sp³-hybridized carbons (Fsp3) is 0.833. The van der Waals surface area contributed by atoms with Gasteiger partial charge in [0.2, 0.25) is 5.91 Å². The lowest BCUT2D eigenvalue weighted by molar-refractivity contribution is -0.143. The number of amides is 1. The number of hydrogen-bond acceptors (Lipinski definition) is 2. The van der Waals surface area contributed by atoms with Crippen LogP contribution < -0.4 is 5.32 Å². The predicted octanol–water partition coefficient (Wildman–Crippen LogP) is 1.79. The van der Waals surface area contributed by atoms with Gasteiger partial charge < -0.3 is 10.4 Å². The average molecular weight is 227 g/mol. The summed E-state index contributed by atoms with van der Waals surface area (Å²) in [6.07, 6.45) is 4.65. The third kappa shape index (κ3) is 3.51. The number of carbonyl (C=O) groups is 2. The van der Waals surface area contributed by atoms with Crippen LogP contribution in [0.1, 0.15) is 46.0 Å². The van der Waals surface area contributed by atoms with Gasteiger partial charge in [-0.1, -0.05) is 26.7 Å². The molecule has 0 bridgehead atoms. The molecule has 0 aliphatic heterocycles. The van der Waals surface area contributed by atoms with E-state index in [4.69, 9.17) is 5.11 Å². The summed E-state index contributed by atoms with van der Waals surface area (Å²) in [5.74, 6) is -0.595. The minimum absolute atomic E-state index is 0.0251. The molecule has 1 rings (SSSR count). The smallest absolute Gasteiger partial charge is 0.326 e. The van der Waals surface area contributed by atoms with Crippen molar-refractivity contribution in [1.82, 2.24) is 5.32 Å². The molecule has 1 fully saturated rings. The summed E-state index contributed by atoms with van der Waals surface area (Å²) in [6, 6.07) is -0.738. The molecule has 0 spiro atoms. The molecule has 0 unspecified atom stereocenters. The molecule has 4 heteroatoms. The van der Waals surface area contributed by atoms with Gasteiger partial charge in [0.1, 0.15) is 6.04 Å². The van der Waals surface area contributed by atoms with Crippen LogP contribution in [0, 0.1) is 11.8 Å². The number of carboxylic acid groups (broad SMARTS) is 1. The van der Waals surface area contributed by atoms with Gasteiger partial charge in [-0.2, -0.15) is 0 Å². The van der Waals surface area contributed by atoms with E-state index in [0.29, 0.717) is 12.3 Å². The van der Waals surface area contributed by atoms with E-state index >= 15 is 0 Å². The fourth-order valence-electron chi connectivity index (χ4n) is 1.87. The maximum absolute atomic E-state index is 11.6. The lowest BCUT2D eigenvalue weighted by atomic mass is 9.82. The zero-order chi connectivity index (χ0) is 12.1. The molecule has 0 aromatic carbocycles. The maximum atomic E-state index is 11.6. The van der Waals surface area contributed by atoms with Crippen molar-refractivity contribution in [3.8, 4) is 0 Å². The minimum atomic E-state index is -0.934. The van der Waals surface area contributed by atoms with Crippen LogP contribution in [0.5, 0.6) is 0 Å². The average Bonchev–Trinajstić information content (AvgIpc) is 2.18. The Morgan fingerprint density at radius 1 is 1.44 bits per heavy atom. The quantitative estimate of drug-likeness (QED) is 0.727. The van der Waals surface area contributed by atoms with E-state index in [1.165, 1.54) is 6.42 Å². The Labute approximate surface area is 96.4 Å². The first-order chi connectivity index (χ1) is 7.54. The van der Waals surface area contributed by atoms with Gasteiger partial charge in [0.15, 0.2) is 0 Å². The van der Waals surface area contributed by atoms with Gasteiger partial charge >= 0.3 is 5.97 Å². The number of nitrogens with one attached hydrogen (secondary N) is 1. The number of aliphatic carboxylic acids is 1. The highest BCUT2D eigenvalue weighted by molar-refractivity contribution is 5.83. The van der Waals surface area contributed by atoms with Gasteiger partial charge in [-0.15, -0.1) is 0 Å². The molecule has 0 heterocycles. The standard InChI is InChI=1S/C12H21NO3/c1-3-8(2)11(12(15)16)13-10(14)7-9-5-4-6-9/h8-9,11H,3-7H2,1-2H3,(H,13,14)(H,15,16)/t8-,11-/m0/s1. The van der Waals surface area contributed by atoms with Crippen molar-refractivity contribution in [3.63, 3.8) is 0 Å². The molecule has 0 aromatic rings. The molecule has 4 nitrogen and oxygen atoms in total. The second kappa shape index (κ2) is 5.87. The Bertz CT molecular complexity index is 261. The van der Waals surface area contributed by atoms with Gasteiger partial charge in [0.05, 0.1) is 0 Å². The molecule has 92 valence electrons. The molecular formula is C12H21NO3. The van der Waals surface area contributed by atoms with Gasteiger partial charge in [0.25, 0.3) is 0 Å². The highest BCUT2D eigenvalue weighted by Crippen LogP contribution is 2.29. The van der Waals surface area contributed by atoms with Crippen LogP contribution >= 0.6 is 0 Å². The first kappa shape index (κ1) is 13.0. The van der Waals surface area contributed by atoms with Crippen LogP contribution in [-0.2, 0) is 9.59 Å². The third-order valence-electron chi connectivity index (χ3n) is 3.49. The van der Waals surface area contributed by atoms with E-state index in [0.717, 1.165) is 19.3 Å². The SMILES string of the molecule is CC[C@H](C)[C@H](NC(=O)CC1CCC1)C(=O)O. The molecule has 2 N–H and O–H groups in total. The van der Waals surface area contributed by atoms with Crippen molar-refractivity contribution < 1.29 is 14.7 Å². The molecule has 1 aliphatic rings. The number of hydrogen-bond donors (Lipinski definition) is 2. The maximum Gasteiger partial charge on any atom is 0.326 e. The molecular weight excluding hydrogens is 206 g/mol. The van der Waals surface area contributed by atoms with Gasteiger partial charge in [-0.05, 0) is 24.7 Å². The van der Waals surface area contributed by atoms with E-state index in [2.05, 4.69) is 5.32 Å². The van der Waals surface area contributed by atoms with Crippen molar-refractivity contribution in [2.75, 3.05) is 0 Å². The highest BCUT2D eigenvalue weighted by atomic mass is 16.4. The molecule has 0 aromatic heterocycles. The third-order valence-corrected chi connectivity index (χ3v) is 3.49. The van der Waals surface area contributed by atoms with Crippen LogP contribution in [0.25, 0.3) is 0 Å². The molecule has 0 radical (unpaired) electrons. The largest absolute Gasteiger partial charge is 0.480 e. The fourth-order valence-corrected chi connectivity index (χ4v) is 1.87. The Morgan fingerprint density at radius 2 is 2.06 bits per heavy atom. The van der Waals surface area contributed by atoms with Crippen molar-refractivity contribution in [1.29, 1.82) is 0 Å². The first-order valence-corrected chi connectivity index (χ1v) is 6.06. The molecule has 1 aliphatic carbocycles. The Kier molecular flexibility index (Phi) is 4.77. The second-order valence-corrected chi connectivity index (χ2v) is 4.77. The van der Waals surface area contributed by atoms with Crippen molar-refractivity contribution >= 4 is 11.9 Å². The van der Waals surface area contributed by atoms with Crippen LogP contribution in [0.3, 0.4) is 0 Å². The summed E-state index contributed by atoms with van der Waals surface area (Å²) >= 11 is 0. The van der Waals surface area contributed by atoms with E-state index in [1.807, 2.05) is 13.8 Å². The highest BCUT2D eigenvalue weighted by Gasteiger charge is 2.27. The summed E-state index contributed by atoms with van der Waals surface area (Å²) in [4.78, 5) is 22.6. The van der Waals surface area contributed by atoms with Crippen LogP contribution in [0.4, 0.5) is 0 Å². The van der Waals surface area contributed by atoms with Gasteiger partial charge in [-0.3, -0.25) is 4.79 Å². The van der Waals surface area contributed by atoms with E-state index < -0.39 is 12.0 Å². The Morgan fingerprint density at radius 3 is 2.44 bits per heavy atom. The second-order valence-electron chi connectivity index (χ2n) is 4.77. The molecule has 1 saturated carbocycles. The summed E-state index contributed by atoms with van der Waals surface area (Å²) in [5.41, 5.74) is 0. The van der Waals surface area contributed by atoms with E-state index in [-0.39, 0.29) is 11.8 Å². The lowest BCUT2D eigenvalue weighted by Gasteiger charge is -2.26. The number of carboxylic acids is 1. The summed E-state index contributed by atoms with van der Waals surface area (Å²) in [7, 11) is 0. The van der Waals surface area contributed by atoms with Crippen molar-refractivity contribution in [2.45, 2.75) is 52.0 Å². The van der Waals surface area contributed by atoms with Crippen molar-refractivity contribution in [2.24, 2.45) is 11.8 Å². The first-order valence-electron chi connectivity index (χ1n) is 6.06. The minimum Gasteiger partial charge on any atom is -0.480 e. The summed E-state index contributed by atoms with van der Waals surface area (Å²) in [5, 5.41) is 11.6. The van der Waals surface area contributed by atoms with Crippen LogP contribution in [0.15, 0.2) is 0 Å². The van der Waals surface area contributed by atoms with E-state index in [1.54, 1.807) is 0 Å². The summed E-state index contributed by atoms with van der Waals surface area (Å²) in [6.45, 7) is 3.78. The van der Waals surface area contributed by atoms with E-state index in [9.17, 15) is 9.59 Å². The predicted molar refractivity (Wildman–Crippen MR) is 61.0 cm³/mol. The monoisotopic (exact) mass is 227 g/mol. The molecule has 2 atom stereocenters. The zero-order valence-corrected chi connectivity index (χ0v) is 10.0.